The molecular weight excluding hydrogens is 423 g/mol. The van der Waals surface area contributed by atoms with Gasteiger partial charge in [0.25, 0.3) is 0 Å². The van der Waals surface area contributed by atoms with E-state index >= 15 is 0 Å². The summed E-state index contributed by atoms with van der Waals surface area (Å²) in [6.07, 6.45) is 11.4. The average molecular weight is 462 g/mol. The zero-order valence-corrected chi connectivity index (χ0v) is 18.5. The van der Waals surface area contributed by atoms with E-state index in [2.05, 4.69) is 47.7 Å². The van der Waals surface area contributed by atoms with E-state index in [4.69, 9.17) is 0 Å². The van der Waals surface area contributed by atoms with Crippen LogP contribution in [0.3, 0.4) is 0 Å². The van der Waals surface area contributed by atoms with Crippen molar-refractivity contribution in [2.75, 3.05) is 66.0 Å². The van der Waals surface area contributed by atoms with Crippen LogP contribution in [-0.4, -0.2) is 89.8 Å². The van der Waals surface area contributed by atoms with Gasteiger partial charge in [0.2, 0.25) is 0 Å². The summed E-state index contributed by atoms with van der Waals surface area (Å²) in [5, 5.41) is 0. The molecule has 3 rings (SSSR count). The highest BCUT2D eigenvalue weighted by Gasteiger charge is 2.26. The van der Waals surface area contributed by atoms with E-state index in [0.29, 0.717) is 0 Å². The minimum atomic E-state index is 0.864. The number of halogens is 1. The van der Waals surface area contributed by atoms with E-state index in [1.54, 1.807) is 0 Å². The van der Waals surface area contributed by atoms with Gasteiger partial charge in [0.1, 0.15) is 0 Å². The van der Waals surface area contributed by atoms with Gasteiger partial charge in [-0.15, -0.1) is 0 Å². The van der Waals surface area contributed by atoms with Crippen molar-refractivity contribution < 1.29 is 0 Å². The zero-order valence-electron chi connectivity index (χ0n) is 16.3. The molecule has 3 saturated heterocycles. The Bertz CT molecular complexity index is 357. The predicted molar refractivity (Wildman–Crippen MR) is 115 cm³/mol. The monoisotopic (exact) mass is 462 g/mol. The van der Waals surface area contributed by atoms with Crippen molar-refractivity contribution in [1.29, 1.82) is 0 Å². The lowest BCUT2D eigenvalue weighted by Crippen LogP contribution is -2.52. The predicted octanol–water partition coefficient (Wildman–Crippen LogP) is 3.32. The topological polar surface area (TPSA) is 13.0 Å². The number of rotatable bonds is 7. The van der Waals surface area contributed by atoms with E-state index in [1.165, 1.54) is 110 Å². The Morgan fingerprint density at radius 1 is 0.760 bits per heavy atom. The van der Waals surface area contributed by atoms with Crippen LogP contribution in [-0.2, 0) is 0 Å². The molecule has 3 aliphatic rings. The van der Waals surface area contributed by atoms with E-state index in [9.17, 15) is 0 Å². The van der Waals surface area contributed by atoms with Crippen LogP contribution >= 0.6 is 22.9 Å². The minimum absolute atomic E-state index is 0.864. The molecule has 5 heteroatoms. The first-order chi connectivity index (χ1) is 12.2. The van der Waals surface area contributed by atoms with Crippen LogP contribution in [0, 0.1) is 5.92 Å². The van der Waals surface area contributed by atoms with Crippen LogP contribution in [0.2, 0.25) is 0 Å². The van der Waals surface area contributed by atoms with E-state index < -0.39 is 0 Å². The van der Waals surface area contributed by atoms with Crippen molar-refractivity contribution >= 4 is 22.9 Å². The summed E-state index contributed by atoms with van der Waals surface area (Å²) in [7, 11) is 2.27. The molecule has 3 heterocycles. The molecular formula is C20H39IN4. The summed E-state index contributed by atoms with van der Waals surface area (Å²) >= 11 is 2.48. The van der Waals surface area contributed by atoms with Crippen LogP contribution in [0.4, 0.5) is 0 Å². The quantitative estimate of drug-likeness (QED) is 0.327. The van der Waals surface area contributed by atoms with Gasteiger partial charge in [0.15, 0.2) is 0 Å². The van der Waals surface area contributed by atoms with Crippen LogP contribution in [0.15, 0.2) is 0 Å². The van der Waals surface area contributed by atoms with Crippen molar-refractivity contribution in [2.24, 2.45) is 5.92 Å². The number of piperidine rings is 2. The smallest absolute Gasteiger partial charge is 0.0201 e. The number of piperazine rings is 1. The molecule has 0 amide bonds. The molecule has 0 aromatic heterocycles. The van der Waals surface area contributed by atoms with Crippen LogP contribution in [0.1, 0.15) is 51.4 Å². The third kappa shape index (κ3) is 6.91. The number of nitrogens with zero attached hydrogens (tertiary/aromatic N) is 4. The molecule has 0 aromatic carbocycles. The Kier molecular flexibility index (Phi) is 8.76. The van der Waals surface area contributed by atoms with Gasteiger partial charge in [-0.2, -0.15) is 0 Å². The normalized spacial score (nSPS) is 27.1. The third-order valence-corrected chi connectivity index (χ3v) is 7.72. The van der Waals surface area contributed by atoms with E-state index in [-0.39, 0.29) is 0 Å². The zero-order chi connectivity index (χ0) is 17.5. The minimum Gasteiger partial charge on any atom is -0.306 e. The summed E-state index contributed by atoms with van der Waals surface area (Å²) < 4.78 is 2.45. The molecule has 25 heavy (non-hydrogen) atoms. The van der Waals surface area contributed by atoms with Crippen molar-refractivity contribution in [1.82, 2.24) is 17.8 Å². The van der Waals surface area contributed by atoms with Gasteiger partial charge < -0.3 is 9.80 Å². The molecule has 3 aliphatic heterocycles. The van der Waals surface area contributed by atoms with Gasteiger partial charge in [0, 0.05) is 68.2 Å². The summed E-state index contributed by atoms with van der Waals surface area (Å²) in [5.74, 6) is 1.02. The van der Waals surface area contributed by atoms with E-state index in [0.717, 1.165) is 12.0 Å². The molecule has 3 fully saturated rings. The van der Waals surface area contributed by atoms with Crippen molar-refractivity contribution in [3.8, 4) is 0 Å². The van der Waals surface area contributed by atoms with E-state index in [1.807, 2.05) is 0 Å². The Morgan fingerprint density at radius 2 is 1.44 bits per heavy atom. The Morgan fingerprint density at radius 3 is 2.12 bits per heavy atom. The largest absolute Gasteiger partial charge is 0.306 e. The Balaban J connectivity index is 1.20. The molecule has 0 bridgehead atoms. The Labute approximate surface area is 169 Å². The van der Waals surface area contributed by atoms with Gasteiger partial charge in [0.05, 0.1) is 0 Å². The van der Waals surface area contributed by atoms with Gasteiger partial charge >= 0.3 is 0 Å². The highest BCUT2D eigenvalue weighted by atomic mass is 127. The molecule has 0 atom stereocenters. The number of hydrogen-bond donors (Lipinski definition) is 0. The second-order valence-electron chi connectivity index (χ2n) is 8.61. The average Bonchev–Trinajstić information content (AvgIpc) is 2.64. The fourth-order valence-corrected chi connectivity index (χ4v) is 5.40. The summed E-state index contributed by atoms with van der Waals surface area (Å²) in [4.78, 5) is 7.99. The lowest BCUT2D eigenvalue weighted by Gasteiger charge is -2.41. The molecule has 0 spiro atoms. The van der Waals surface area contributed by atoms with Crippen LogP contribution in [0.25, 0.3) is 0 Å². The molecule has 0 radical (unpaired) electrons. The molecule has 0 N–H and O–H groups in total. The number of unbranched alkanes of at least 4 members (excludes halogenated alkanes) is 2. The van der Waals surface area contributed by atoms with Gasteiger partial charge in [-0.25, -0.2) is 3.11 Å². The van der Waals surface area contributed by atoms with Gasteiger partial charge in [-0.05, 0) is 64.7 Å². The SMILES string of the molecule is CN1CCC(CCCCCN2CCN(C3CCN(I)CC3)CC2)CC1. The van der Waals surface area contributed by atoms with Gasteiger partial charge in [-0.1, -0.05) is 19.3 Å². The lowest BCUT2D eigenvalue weighted by atomic mass is 9.91. The van der Waals surface area contributed by atoms with Crippen LogP contribution < -0.4 is 0 Å². The second-order valence-corrected chi connectivity index (χ2v) is 9.98. The van der Waals surface area contributed by atoms with Gasteiger partial charge in [-0.3, -0.25) is 4.90 Å². The summed E-state index contributed by atoms with van der Waals surface area (Å²) in [6.45, 7) is 11.8. The number of hydrogen-bond acceptors (Lipinski definition) is 4. The molecule has 0 saturated carbocycles. The molecule has 4 nitrogen and oxygen atoms in total. The first-order valence-corrected chi connectivity index (χ1v) is 11.7. The first kappa shape index (κ1) is 20.3. The highest BCUT2D eigenvalue weighted by molar-refractivity contribution is 14.1. The molecule has 0 aliphatic carbocycles. The molecule has 146 valence electrons. The maximum absolute atomic E-state index is 2.78. The summed E-state index contributed by atoms with van der Waals surface area (Å²) in [6, 6.07) is 0.864. The van der Waals surface area contributed by atoms with Crippen molar-refractivity contribution in [3.63, 3.8) is 0 Å². The maximum atomic E-state index is 2.78. The van der Waals surface area contributed by atoms with Crippen molar-refractivity contribution in [2.45, 2.75) is 57.4 Å². The number of likely N-dealkylation sites (tertiary alicyclic amines) is 1. The fraction of sp³-hybridized carbons (Fsp3) is 1.00. The first-order valence-electron chi connectivity index (χ1n) is 10.8. The lowest BCUT2D eigenvalue weighted by molar-refractivity contribution is 0.0747. The maximum Gasteiger partial charge on any atom is 0.0201 e. The fourth-order valence-electron chi connectivity index (χ4n) is 4.85. The van der Waals surface area contributed by atoms with Crippen LogP contribution in [0.5, 0.6) is 0 Å². The van der Waals surface area contributed by atoms with Crippen molar-refractivity contribution in [3.05, 3.63) is 0 Å². The highest BCUT2D eigenvalue weighted by Crippen LogP contribution is 2.23. The molecule has 0 unspecified atom stereocenters. The molecule has 0 aromatic rings. The second kappa shape index (κ2) is 10.8. The Hall–Kier alpha value is 0.570. The summed E-state index contributed by atoms with van der Waals surface area (Å²) in [5.41, 5.74) is 0. The third-order valence-electron chi connectivity index (χ3n) is 6.76. The standard InChI is InChI=1S/C20H39IN4/c1-22-11-6-19(7-12-22)5-3-2-4-10-23-15-17-24(18-16-23)20-8-13-25(21)14-9-20/h19-20H,2-18H2,1H3.